The van der Waals surface area contributed by atoms with E-state index >= 15 is 0 Å². The highest BCUT2D eigenvalue weighted by Gasteiger charge is 1.81. The summed E-state index contributed by atoms with van der Waals surface area (Å²) in [6, 6.07) is 9.73. The summed E-state index contributed by atoms with van der Waals surface area (Å²) in [4.78, 5) is 0. The molecule has 0 aliphatic rings. The van der Waals surface area contributed by atoms with E-state index in [1.165, 1.54) is 6.08 Å². The van der Waals surface area contributed by atoms with Gasteiger partial charge in [0, 0.05) is 0 Å². The number of allylic oxidation sites excluding steroid dienone is 2. The van der Waals surface area contributed by atoms with Gasteiger partial charge in [-0.1, -0.05) is 42.5 Å². The van der Waals surface area contributed by atoms with Gasteiger partial charge in [-0.05, 0) is 27.6 Å². The van der Waals surface area contributed by atoms with Crippen molar-refractivity contribution in [1.82, 2.24) is 0 Å². The van der Waals surface area contributed by atoms with Crippen LogP contribution in [0.25, 0.3) is 6.08 Å². The Kier molecular flexibility index (Phi) is 3.74. The van der Waals surface area contributed by atoms with E-state index in [1.54, 1.807) is 6.08 Å². The zero-order valence-electron chi connectivity index (χ0n) is 6.37. The van der Waals surface area contributed by atoms with Crippen LogP contribution in [0.3, 0.4) is 0 Å². The van der Waals surface area contributed by atoms with Gasteiger partial charge in [0.1, 0.15) is 0 Å². The van der Waals surface area contributed by atoms with Gasteiger partial charge in [0.2, 0.25) is 0 Å². The van der Waals surface area contributed by atoms with Gasteiger partial charge < -0.3 is 0 Å². The molecule has 0 unspecified atom stereocenters. The van der Waals surface area contributed by atoms with Crippen LogP contribution >= 0.6 is 15.9 Å². The van der Waals surface area contributed by atoms with Crippen LogP contribution in [-0.4, -0.2) is 0 Å². The third-order valence-corrected chi connectivity index (χ3v) is 1.57. The van der Waals surface area contributed by atoms with Gasteiger partial charge >= 0.3 is 0 Å². The predicted molar refractivity (Wildman–Crippen MR) is 53.6 cm³/mol. The van der Waals surface area contributed by atoms with Gasteiger partial charge in [0.05, 0.1) is 0 Å². The summed E-state index contributed by atoms with van der Waals surface area (Å²) in [5, 5.41) is 0. The number of hydrogen-bond donors (Lipinski definition) is 0. The van der Waals surface area contributed by atoms with E-state index in [0.717, 1.165) is 5.56 Å². The number of benzene rings is 1. The van der Waals surface area contributed by atoms with Crippen LogP contribution in [0.15, 0.2) is 47.2 Å². The van der Waals surface area contributed by atoms with Crippen molar-refractivity contribution in [3.8, 4) is 0 Å². The van der Waals surface area contributed by atoms with E-state index in [1.807, 2.05) is 36.4 Å². The van der Waals surface area contributed by atoms with Crippen molar-refractivity contribution >= 4 is 22.0 Å². The molecule has 0 fully saturated rings. The molecule has 0 bridgehead atoms. The van der Waals surface area contributed by atoms with Crippen molar-refractivity contribution in [2.45, 2.75) is 0 Å². The summed E-state index contributed by atoms with van der Waals surface area (Å²) in [6.07, 6.45) is 4.84. The lowest BCUT2D eigenvalue weighted by molar-refractivity contribution is 0.705. The van der Waals surface area contributed by atoms with Crippen LogP contribution < -0.4 is 0 Å². The zero-order valence-corrected chi connectivity index (χ0v) is 7.96. The average molecular weight is 227 g/mol. The molecule has 0 saturated carbocycles. The normalized spacial score (nSPS) is 12.3. The smallest absolute Gasteiger partial charge is 0.165 e. The third-order valence-electron chi connectivity index (χ3n) is 1.31. The molecule has 12 heavy (non-hydrogen) atoms. The van der Waals surface area contributed by atoms with Crippen molar-refractivity contribution in [2.75, 3.05) is 0 Å². The topological polar surface area (TPSA) is 0 Å². The highest BCUT2D eigenvalue weighted by molar-refractivity contribution is 9.11. The fourth-order valence-corrected chi connectivity index (χ4v) is 0.949. The second-order valence-corrected chi connectivity index (χ2v) is 2.98. The number of halogens is 2. The standard InChI is InChI=1S/C10H8BrF/c11-10(12)8-4-7-9-5-2-1-3-6-9/h1-8H/b7-4+,10-8-. The Bertz CT molecular complexity index is 284. The molecule has 0 heterocycles. The Morgan fingerprint density at radius 2 is 1.92 bits per heavy atom. The van der Waals surface area contributed by atoms with Crippen molar-refractivity contribution in [3.63, 3.8) is 0 Å². The Balaban J connectivity index is 2.64. The minimum atomic E-state index is -0.366. The largest absolute Gasteiger partial charge is 0.199 e. The molecule has 1 rings (SSSR count). The molecule has 1 aromatic carbocycles. The first-order valence-corrected chi connectivity index (χ1v) is 4.33. The van der Waals surface area contributed by atoms with Crippen molar-refractivity contribution in [3.05, 3.63) is 52.8 Å². The summed E-state index contributed by atoms with van der Waals surface area (Å²) >= 11 is 2.69. The van der Waals surface area contributed by atoms with Crippen LogP contribution in [0, 0.1) is 0 Å². The van der Waals surface area contributed by atoms with E-state index in [0.29, 0.717) is 0 Å². The molecule has 0 nitrogen and oxygen atoms in total. The Hall–Kier alpha value is -0.890. The summed E-state index contributed by atoms with van der Waals surface area (Å²) in [7, 11) is 0. The lowest BCUT2D eigenvalue weighted by atomic mass is 10.2. The highest BCUT2D eigenvalue weighted by Crippen LogP contribution is 2.06. The van der Waals surface area contributed by atoms with E-state index in [9.17, 15) is 4.39 Å². The van der Waals surface area contributed by atoms with Gasteiger partial charge in [-0.25, -0.2) is 0 Å². The van der Waals surface area contributed by atoms with Gasteiger partial charge in [0.15, 0.2) is 4.74 Å². The molecule has 0 spiro atoms. The van der Waals surface area contributed by atoms with Crippen LogP contribution in [0.1, 0.15) is 5.56 Å². The molecule has 0 aliphatic carbocycles. The molecular formula is C10H8BrF. The molecular weight excluding hydrogens is 219 g/mol. The maximum Gasteiger partial charge on any atom is 0.165 e. The predicted octanol–water partition coefficient (Wildman–Crippen LogP) is 3.91. The minimum Gasteiger partial charge on any atom is -0.199 e. The Labute approximate surface area is 79.5 Å². The summed E-state index contributed by atoms with van der Waals surface area (Å²) in [6.45, 7) is 0. The molecule has 0 radical (unpaired) electrons. The van der Waals surface area contributed by atoms with Crippen LogP contribution in [0.4, 0.5) is 4.39 Å². The van der Waals surface area contributed by atoms with Crippen LogP contribution in [-0.2, 0) is 0 Å². The zero-order chi connectivity index (χ0) is 8.81. The van der Waals surface area contributed by atoms with Crippen molar-refractivity contribution in [2.24, 2.45) is 0 Å². The van der Waals surface area contributed by atoms with E-state index < -0.39 is 0 Å². The molecule has 0 amide bonds. The molecule has 0 N–H and O–H groups in total. The monoisotopic (exact) mass is 226 g/mol. The quantitative estimate of drug-likeness (QED) is 0.672. The molecule has 0 saturated heterocycles. The SMILES string of the molecule is F/C(Br)=C\C=C\c1ccccc1. The molecule has 1 aromatic rings. The van der Waals surface area contributed by atoms with Gasteiger partial charge in [-0.3, -0.25) is 0 Å². The number of rotatable bonds is 2. The van der Waals surface area contributed by atoms with E-state index in [-0.39, 0.29) is 4.74 Å². The second kappa shape index (κ2) is 4.88. The molecule has 0 atom stereocenters. The number of hydrogen-bond acceptors (Lipinski definition) is 0. The summed E-state index contributed by atoms with van der Waals surface area (Å²) < 4.78 is 11.8. The van der Waals surface area contributed by atoms with E-state index in [4.69, 9.17) is 0 Å². The second-order valence-electron chi connectivity index (χ2n) is 2.23. The average Bonchev–Trinajstić information content (AvgIpc) is 2.05. The first-order chi connectivity index (χ1) is 5.79. The first kappa shape index (κ1) is 9.20. The molecule has 2 heteroatoms. The van der Waals surface area contributed by atoms with Gasteiger partial charge in [-0.15, -0.1) is 0 Å². The van der Waals surface area contributed by atoms with Gasteiger partial charge in [0.25, 0.3) is 0 Å². The lowest BCUT2D eigenvalue weighted by Gasteiger charge is -1.87. The fraction of sp³-hybridized carbons (Fsp3) is 0. The maximum atomic E-state index is 12.1. The van der Waals surface area contributed by atoms with Gasteiger partial charge in [-0.2, -0.15) is 4.39 Å². The maximum absolute atomic E-state index is 12.1. The molecule has 62 valence electrons. The lowest BCUT2D eigenvalue weighted by Crippen LogP contribution is -1.66. The van der Waals surface area contributed by atoms with Crippen LogP contribution in [0.2, 0.25) is 0 Å². The summed E-state index contributed by atoms with van der Waals surface area (Å²) in [5.41, 5.74) is 1.06. The first-order valence-electron chi connectivity index (χ1n) is 3.53. The Morgan fingerprint density at radius 1 is 1.25 bits per heavy atom. The van der Waals surface area contributed by atoms with Crippen molar-refractivity contribution < 1.29 is 4.39 Å². The Morgan fingerprint density at radius 3 is 2.50 bits per heavy atom. The fourth-order valence-electron chi connectivity index (χ4n) is 0.796. The molecule has 0 aromatic heterocycles. The molecule has 0 aliphatic heterocycles. The minimum absolute atomic E-state index is 0.366. The highest BCUT2D eigenvalue weighted by atomic mass is 79.9. The summed E-state index contributed by atoms with van der Waals surface area (Å²) in [5.74, 6) is 0. The van der Waals surface area contributed by atoms with Crippen LogP contribution in [0.5, 0.6) is 0 Å². The van der Waals surface area contributed by atoms with Crippen molar-refractivity contribution in [1.29, 1.82) is 0 Å². The third kappa shape index (κ3) is 3.49. The van der Waals surface area contributed by atoms with E-state index in [2.05, 4.69) is 15.9 Å².